The summed E-state index contributed by atoms with van der Waals surface area (Å²) in [5, 5.41) is 14.1. The summed E-state index contributed by atoms with van der Waals surface area (Å²) in [6.45, 7) is 0.487. The van der Waals surface area contributed by atoms with Crippen LogP contribution in [0.2, 0.25) is 0 Å². The second-order valence-corrected chi connectivity index (χ2v) is 6.17. The molecule has 1 fully saturated rings. The van der Waals surface area contributed by atoms with Crippen molar-refractivity contribution in [2.24, 2.45) is 23.7 Å². The average molecular weight is 277 g/mol. The summed E-state index contributed by atoms with van der Waals surface area (Å²) in [4.78, 5) is 24.7. The van der Waals surface area contributed by atoms with E-state index >= 15 is 0 Å². The molecule has 0 aromatic carbocycles. The molecule has 19 heavy (non-hydrogen) atoms. The maximum atomic E-state index is 12.2. The molecule has 0 unspecified atom stereocenters. The monoisotopic (exact) mass is 277 g/mol. The number of amides is 1. The van der Waals surface area contributed by atoms with Gasteiger partial charge in [-0.05, 0) is 29.7 Å². The number of carboxylic acid groups (broad SMARTS) is 1. The Balaban J connectivity index is 1.68. The van der Waals surface area contributed by atoms with Gasteiger partial charge in [0.25, 0.3) is 0 Å². The second kappa shape index (κ2) is 4.81. The Morgan fingerprint density at radius 1 is 1.32 bits per heavy atom. The van der Waals surface area contributed by atoms with Crippen molar-refractivity contribution in [3.63, 3.8) is 0 Å². The first kappa shape index (κ1) is 12.4. The number of aliphatic carboxylic acids is 1. The molecule has 2 aliphatic rings. The van der Waals surface area contributed by atoms with Gasteiger partial charge in [-0.1, -0.05) is 18.2 Å². The van der Waals surface area contributed by atoms with E-state index in [-0.39, 0.29) is 17.7 Å². The van der Waals surface area contributed by atoms with E-state index in [2.05, 4.69) is 5.32 Å². The highest BCUT2D eigenvalue weighted by Gasteiger charge is 2.51. The van der Waals surface area contributed by atoms with Crippen LogP contribution in [0.5, 0.6) is 0 Å². The zero-order valence-corrected chi connectivity index (χ0v) is 11.1. The fourth-order valence-corrected chi connectivity index (χ4v) is 3.87. The summed E-state index contributed by atoms with van der Waals surface area (Å²) in [7, 11) is 0. The van der Waals surface area contributed by atoms with Crippen LogP contribution in [0.25, 0.3) is 0 Å². The van der Waals surface area contributed by atoms with Gasteiger partial charge in [-0.3, -0.25) is 9.59 Å². The van der Waals surface area contributed by atoms with Gasteiger partial charge in [0.2, 0.25) is 5.91 Å². The highest BCUT2D eigenvalue weighted by atomic mass is 32.1. The van der Waals surface area contributed by atoms with E-state index in [1.807, 2.05) is 29.7 Å². The van der Waals surface area contributed by atoms with Crippen LogP contribution in [0.4, 0.5) is 0 Å². The summed E-state index contributed by atoms with van der Waals surface area (Å²) in [6, 6.07) is 3.90. The fourth-order valence-electron chi connectivity index (χ4n) is 3.22. The van der Waals surface area contributed by atoms with Crippen molar-refractivity contribution in [1.29, 1.82) is 0 Å². The number of thiophene rings is 1. The van der Waals surface area contributed by atoms with Crippen LogP contribution in [-0.4, -0.2) is 17.0 Å². The summed E-state index contributed by atoms with van der Waals surface area (Å²) in [6.07, 6.45) is 4.75. The standard InChI is InChI=1S/C14H15NO3S/c16-13(15-7-10-2-1-5-19-10)11-8-3-4-9(6-8)12(11)14(17)18/h1-5,8-9,11-12H,6-7H2,(H,15,16)(H,17,18)/t8-,9+,11+,12-/m0/s1. The van der Waals surface area contributed by atoms with Crippen molar-refractivity contribution >= 4 is 23.2 Å². The van der Waals surface area contributed by atoms with Gasteiger partial charge >= 0.3 is 5.97 Å². The summed E-state index contributed by atoms with van der Waals surface area (Å²) in [5.74, 6) is -1.83. The molecule has 2 N–H and O–H groups in total. The third kappa shape index (κ3) is 2.18. The van der Waals surface area contributed by atoms with Crippen molar-refractivity contribution in [2.45, 2.75) is 13.0 Å². The first-order valence-electron chi connectivity index (χ1n) is 6.38. The molecule has 2 aliphatic carbocycles. The lowest BCUT2D eigenvalue weighted by Gasteiger charge is -2.23. The number of nitrogens with one attached hydrogen (secondary N) is 1. The molecule has 5 heteroatoms. The van der Waals surface area contributed by atoms with Gasteiger partial charge in [-0.25, -0.2) is 0 Å². The van der Waals surface area contributed by atoms with Gasteiger partial charge < -0.3 is 10.4 Å². The molecule has 2 bridgehead atoms. The quantitative estimate of drug-likeness (QED) is 0.826. The third-order valence-electron chi connectivity index (χ3n) is 4.06. The molecule has 4 nitrogen and oxygen atoms in total. The van der Waals surface area contributed by atoms with Crippen molar-refractivity contribution in [1.82, 2.24) is 5.32 Å². The van der Waals surface area contributed by atoms with Crippen LogP contribution in [0, 0.1) is 23.7 Å². The zero-order valence-electron chi connectivity index (χ0n) is 10.3. The van der Waals surface area contributed by atoms with Crippen molar-refractivity contribution in [3.8, 4) is 0 Å². The van der Waals surface area contributed by atoms with Crippen LogP contribution in [0.3, 0.4) is 0 Å². The number of carbonyl (C=O) groups is 2. The van der Waals surface area contributed by atoms with E-state index in [0.717, 1.165) is 11.3 Å². The lowest BCUT2D eigenvalue weighted by Crippen LogP contribution is -2.39. The number of rotatable bonds is 4. The highest BCUT2D eigenvalue weighted by molar-refractivity contribution is 7.09. The van der Waals surface area contributed by atoms with Crippen LogP contribution >= 0.6 is 11.3 Å². The molecule has 100 valence electrons. The molecule has 4 atom stereocenters. The molecule has 3 rings (SSSR count). The predicted octanol–water partition coefficient (Wildman–Crippen LogP) is 1.89. The minimum atomic E-state index is -0.854. The summed E-state index contributed by atoms with van der Waals surface area (Å²) in [5.41, 5.74) is 0. The van der Waals surface area contributed by atoms with E-state index in [0.29, 0.717) is 6.54 Å². The SMILES string of the molecule is O=C(O)[C@@H]1[C@H](C(=O)NCc2cccs2)[C@H]2C=C[C@@H]1C2. The Morgan fingerprint density at radius 2 is 2.05 bits per heavy atom. The molecule has 1 aromatic heterocycles. The lowest BCUT2D eigenvalue weighted by atomic mass is 9.82. The molecule has 0 spiro atoms. The fraction of sp³-hybridized carbons (Fsp3) is 0.429. The van der Waals surface area contributed by atoms with Crippen LogP contribution in [-0.2, 0) is 16.1 Å². The number of fused-ring (bicyclic) bond motifs is 2. The maximum Gasteiger partial charge on any atom is 0.307 e. The highest BCUT2D eigenvalue weighted by Crippen LogP contribution is 2.48. The number of carboxylic acids is 1. The molecule has 0 saturated heterocycles. The zero-order chi connectivity index (χ0) is 13.4. The third-order valence-corrected chi connectivity index (χ3v) is 4.94. The molecule has 1 aromatic rings. The number of carbonyl (C=O) groups excluding carboxylic acids is 1. The van der Waals surface area contributed by atoms with Crippen LogP contribution in [0.1, 0.15) is 11.3 Å². The molecule has 1 amide bonds. The van der Waals surface area contributed by atoms with E-state index in [4.69, 9.17) is 0 Å². The van der Waals surface area contributed by atoms with Crippen molar-refractivity contribution in [3.05, 3.63) is 34.5 Å². The second-order valence-electron chi connectivity index (χ2n) is 5.14. The van der Waals surface area contributed by atoms with Gasteiger partial charge in [0, 0.05) is 4.88 Å². The van der Waals surface area contributed by atoms with Crippen molar-refractivity contribution in [2.75, 3.05) is 0 Å². The molecule has 1 saturated carbocycles. The van der Waals surface area contributed by atoms with Crippen molar-refractivity contribution < 1.29 is 14.7 Å². The Morgan fingerprint density at radius 3 is 2.68 bits per heavy atom. The normalized spacial score (nSPS) is 31.6. The van der Waals surface area contributed by atoms with Crippen LogP contribution in [0.15, 0.2) is 29.7 Å². The smallest absolute Gasteiger partial charge is 0.307 e. The molecular weight excluding hydrogens is 262 g/mol. The Bertz CT molecular complexity index is 523. The lowest BCUT2D eigenvalue weighted by molar-refractivity contribution is -0.147. The molecule has 1 heterocycles. The molecule has 0 aliphatic heterocycles. The maximum absolute atomic E-state index is 12.2. The van der Waals surface area contributed by atoms with Crippen LogP contribution < -0.4 is 5.32 Å². The average Bonchev–Trinajstić information content (AvgIpc) is 3.10. The number of hydrogen-bond donors (Lipinski definition) is 2. The first-order chi connectivity index (χ1) is 9.16. The predicted molar refractivity (Wildman–Crippen MR) is 71.5 cm³/mol. The largest absolute Gasteiger partial charge is 0.481 e. The minimum Gasteiger partial charge on any atom is -0.481 e. The van der Waals surface area contributed by atoms with E-state index in [1.165, 1.54) is 0 Å². The summed E-state index contributed by atoms with van der Waals surface area (Å²) < 4.78 is 0. The van der Waals surface area contributed by atoms with E-state index < -0.39 is 17.8 Å². The summed E-state index contributed by atoms with van der Waals surface area (Å²) >= 11 is 1.58. The van der Waals surface area contributed by atoms with E-state index in [1.54, 1.807) is 11.3 Å². The van der Waals surface area contributed by atoms with Gasteiger partial charge in [0.15, 0.2) is 0 Å². The van der Waals surface area contributed by atoms with Gasteiger partial charge in [-0.15, -0.1) is 11.3 Å². The Hall–Kier alpha value is -1.62. The van der Waals surface area contributed by atoms with Gasteiger partial charge in [-0.2, -0.15) is 0 Å². The number of allylic oxidation sites excluding steroid dienone is 2. The molecular formula is C14H15NO3S. The minimum absolute atomic E-state index is 0.0278. The number of hydrogen-bond acceptors (Lipinski definition) is 3. The van der Waals surface area contributed by atoms with Gasteiger partial charge in [0.05, 0.1) is 18.4 Å². The Labute approximate surface area is 115 Å². The van der Waals surface area contributed by atoms with Gasteiger partial charge in [0.1, 0.15) is 0 Å². The van der Waals surface area contributed by atoms with E-state index in [9.17, 15) is 14.7 Å². The topological polar surface area (TPSA) is 66.4 Å². The Kier molecular flexibility index (Phi) is 3.14. The molecule has 0 radical (unpaired) electrons. The first-order valence-corrected chi connectivity index (χ1v) is 7.26.